The number of unbranched alkanes of at least 4 members (excludes halogenated alkanes) is 1. The number of carbonyl (C=O) groups excluding carboxylic acids is 2. The number of H-pyrrole nitrogens is 2. The molecule has 4 N–H and O–H groups in total. The number of carbonyl (C=O) groups is 2. The van der Waals surface area contributed by atoms with E-state index in [-0.39, 0.29) is 46.2 Å². The largest absolute Gasteiger partial charge is 0.494 e. The summed E-state index contributed by atoms with van der Waals surface area (Å²) in [6.45, 7) is 10.2. The summed E-state index contributed by atoms with van der Waals surface area (Å²) >= 11 is 0. The van der Waals surface area contributed by atoms with Crippen LogP contribution in [0.4, 0.5) is 17.6 Å². The predicted octanol–water partition coefficient (Wildman–Crippen LogP) is 7.73. The molecule has 2 atom stereocenters. The molecule has 12 heteroatoms. The quantitative estimate of drug-likeness (QED) is 0.0829. The maximum atomic E-state index is 14.3. The van der Waals surface area contributed by atoms with E-state index in [2.05, 4.69) is 20.6 Å². The van der Waals surface area contributed by atoms with Gasteiger partial charge in [0.15, 0.2) is 23.1 Å². The highest BCUT2D eigenvalue weighted by Crippen LogP contribution is 2.36. The van der Waals surface area contributed by atoms with Gasteiger partial charge in [0.1, 0.15) is 0 Å². The van der Waals surface area contributed by atoms with Crippen LogP contribution in [0.2, 0.25) is 0 Å². The Morgan fingerprint density at radius 1 is 0.761 bits per heavy atom. The van der Waals surface area contributed by atoms with Gasteiger partial charge in [-0.2, -0.15) is 8.78 Å². The molecule has 2 aromatic carbocycles. The molecule has 0 radical (unpaired) electrons. The number of fused-ring (bicyclic) bond motifs is 2. The molecular formula is C34H44F4N4O4. The average molecular weight is 649 g/mol. The molecule has 0 aliphatic rings. The molecule has 2 amide bonds. The van der Waals surface area contributed by atoms with Gasteiger partial charge in [0.25, 0.3) is 0 Å². The molecule has 46 heavy (non-hydrogen) atoms. The van der Waals surface area contributed by atoms with E-state index in [1.807, 2.05) is 20.8 Å². The summed E-state index contributed by atoms with van der Waals surface area (Å²) in [6.07, 6.45) is 7.55. The van der Waals surface area contributed by atoms with Crippen molar-refractivity contribution < 1.29 is 36.6 Å². The number of aromatic amines is 2. The smallest absolute Gasteiger partial charge is 0.216 e. The Balaban J connectivity index is 0.000000251. The Morgan fingerprint density at radius 3 is 1.74 bits per heavy atom. The molecule has 0 saturated carbocycles. The SMILES string of the molecule is CCCC(CNC(C)=O)c1c[nH]c2c(F)c(F)c(OC)cc12.CCCCOc1cc2c(C(CC)CNC(C)=O)c[nH]c2c(F)c1F. The van der Waals surface area contributed by atoms with E-state index >= 15 is 0 Å². The number of rotatable bonds is 14. The predicted molar refractivity (Wildman–Crippen MR) is 171 cm³/mol. The number of amides is 2. The van der Waals surface area contributed by atoms with Gasteiger partial charge < -0.3 is 30.1 Å². The van der Waals surface area contributed by atoms with E-state index in [4.69, 9.17) is 9.47 Å². The summed E-state index contributed by atoms with van der Waals surface area (Å²) in [6, 6.07) is 3.04. The van der Waals surface area contributed by atoms with Crippen LogP contribution in [-0.4, -0.2) is 48.6 Å². The summed E-state index contributed by atoms with van der Waals surface area (Å²) in [4.78, 5) is 27.9. The molecule has 4 rings (SSSR count). The highest BCUT2D eigenvalue weighted by Gasteiger charge is 2.23. The molecule has 2 unspecified atom stereocenters. The third kappa shape index (κ3) is 8.52. The van der Waals surface area contributed by atoms with Crippen LogP contribution in [0.5, 0.6) is 11.5 Å². The molecule has 0 aliphatic carbocycles. The molecule has 0 spiro atoms. The van der Waals surface area contributed by atoms with E-state index in [1.165, 1.54) is 27.0 Å². The minimum Gasteiger partial charge on any atom is -0.494 e. The van der Waals surface area contributed by atoms with Crippen molar-refractivity contribution in [2.75, 3.05) is 26.8 Å². The monoisotopic (exact) mass is 648 g/mol. The van der Waals surface area contributed by atoms with Gasteiger partial charge in [-0.15, -0.1) is 0 Å². The van der Waals surface area contributed by atoms with Gasteiger partial charge in [-0.1, -0.05) is 33.6 Å². The van der Waals surface area contributed by atoms with Crippen molar-refractivity contribution in [1.29, 1.82) is 0 Å². The highest BCUT2D eigenvalue weighted by molar-refractivity contribution is 5.87. The van der Waals surface area contributed by atoms with E-state index in [0.717, 1.165) is 43.2 Å². The van der Waals surface area contributed by atoms with Crippen molar-refractivity contribution in [2.24, 2.45) is 0 Å². The van der Waals surface area contributed by atoms with Gasteiger partial charge in [0.05, 0.1) is 24.8 Å². The number of benzene rings is 2. The minimum absolute atomic E-state index is 0.0102. The van der Waals surface area contributed by atoms with Crippen molar-refractivity contribution in [3.8, 4) is 11.5 Å². The van der Waals surface area contributed by atoms with E-state index in [1.54, 1.807) is 18.5 Å². The number of aromatic nitrogens is 2. The zero-order valence-electron chi connectivity index (χ0n) is 27.3. The molecule has 0 fully saturated rings. The first-order chi connectivity index (χ1) is 22.0. The maximum Gasteiger partial charge on any atom is 0.216 e. The lowest BCUT2D eigenvalue weighted by molar-refractivity contribution is -0.119. The maximum absolute atomic E-state index is 14.3. The summed E-state index contributed by atoms with van der Waals surface area (Å²) in [5.74, 6) is -4.24. The van der Waals surface area contributed by atoms with E-state index < -0.39 is 23.3 Å². The Hall–Kier alpha value is -4.22. The van der Waals surface area contributed by atoms with Crippen LogP contribution in [0.3, 0.4) is 0 Å². The normalized spacial score (nSPS) is 12.4. The van der Waals surface area contributed by atoms with Crippen LogP contribution < -0.4 is 20.1 Å². The van der Waals surface area contributed by atoms with Crippen LogP contribution in [0.15, 0.2) is 24.5 Å². The number of hydrogen-bond donors (Lipinski definition) is 4. The van der Waals surface area contributed by atoms with Crippen LogP contribution in [0, 0.1) is 23.3 Å². The second kappa shape index (κ2) is 16.9. The van der Waals surface area contributed by atoms with Crippen molar-refractivity contribution in [3.05, 3.63) is 58.9 Å². The molecule has 0 bridgehead atoms. The zero-order chi connectivity index (χ0) is 34.0. The third-order valence-corrected chi connectivity index (χ3v) is 7.89. The summed E-state index contributed by atoms with van der Waals surface area (Å²) in [7, 11) is 1.30. The van der Waals surface area contributed by atoms with Crippen molar-refractivity contribution in [2.45, 2.75) is 78.6 Å². The minimum atomic E-state index is -1.00. The zero-order valence-corrected chi connectivity index (χ0v) is 27.3. The lowest BCUT2D eigenvalue weighted by atomic mass is 9.93. The van der Waals surface area contributed by atoms with Gasteiger partial charge in [-0.05, 0) is 42.5 Å². The number of halogens is 4. The van der Waals surface area contributed by atoms with Gasteiger partial charge in [-0.3, -0.25) is 9.59 Å². The number of ether oxygens (including phenoxy) is 2. The Labute approximate surface area is 266 Å². The van der Waals surface area contributed by atoms with Gasteiger partial charge in [0.2, 0.25) is 23.4 Å². The number of methoxy groups -OCH3 is 1. The second-order valence-electron chi connectivity index (χ2n) is 11.2. The van der Waals surface area contributed by atoms with Crippen LogP contribution in [-0.2, 0) is 9.59 Å². The van der Waals surface area contributed by atoms with E-state index in [0.29, 0.717) is 30.5 Å². The highest BCUT2D eigenvalue weighted by atomic mass is 19.2. The molecule has 2 aromatic heterocycles. The van der Waals surface area contributed by atoms with Gasteiger partial charge in [0, 0.05) is 61.9 Å². The van der Waals surface area contributed by atoms with Crippen LogP contribution in [0.1, 0.15) is 89.7 Å². The lowest BCUT2D eigenvalue weighted by Crippen LogP contribution is -2.25. The molecule has 252 valence electrons. The second-order valence-corrected chi connectivity index (χ2v) is 11.2. The number of nitrogens with one attached hydrogen (secondary N) is 4. The summed E-state index contributed by atoms with van der Waals surface area (Å²) in [5, 5.41) is 6.74. The average Bonchev–Trinajstić information content (AvgIpc) is 3.65. The van der Waals surface area contributed by atoms with Crippen molar-refractivity contribution >= 4 is 33.6 Å². The fourth-order valence-corrected chi connectivity index (χ4v) is 5.38. The summed E-state index contributed by atoms with van der Waals surface area (Å²) < 4.78 is 66.6. The molecule has 0 aliphatic heterocycles. The van der Waals surface area contributed by atoms with Gasteiger partial charge >= 0.3 is 0 Å². The van der Waals surface area contributed by atoms with Crippen molar-refractivity contribution in [3.63, 3.8) is 0 Å². The molecular weight excluding hydrogens is 604 g/mol. The van der Waals surface area contributed by atoms with E-state index in [9.17, 15) is 27.2 Å². The molecule has 2 heterocycles. The summed E-state index contributed by atoms with van der Waals surface area (Å²) in [5.41, 5.74) is 1.95. The Morgan fingerprint density at radius 2 is 1.26 bits per heavy atom. The third-order valence-electron chi connectivity index (χ3n) is 7.89. The first-order valence-corrected chi connectivity index (χ1v) is 15.6. The number of hydrogen-bond acceptors (Lipinski definition) is 4. The molecule has 0 saturated heterocycles. The molecule has 4 aromatic rings. The Bertz CT molecular complexity index is 1630. The molecule has 8 nitrogen and oxygen atoms in total. The van der Waals surface area contributed by atoms with Crippen molar-refractivity contribution in [1.82, 2.24) is 20.6 Å². The van der Waals surface area contributed by atoms with Crippen LogP contribution in [0.25, 0.3) is 21.8 Å². The van der Waals surface area contributed by atoms with Gasteiger partial charge in [-0.25, -0.2) is 8.78 Å². The standard InChI is InChI=1S/C18H24F2N2O2.C16H20F2N2O2/c1-4-6-7-24-15-8-13-14(12(5-2)9-21-11(3)23)10-22-18(13)17(20)16(15)19;1-4-5-10(7-19-9(2)21)12-8-20-16-11(12)6-13(22-3)14(17)15(16)18/h8,10,12,22H,4-7,9H2,1-3H3,(H,21,23);6,8,10,20H,4-5,7H2,1-3H3,(H,19,21). The fraction of sp³-hybridized carbons (Fsp3) is 0.471. The van der Waals surface area contributed by atoms with Crippen LogP contribution >= 0.6 is 0 Å². The Kier molecular flexibility index (Phi) is 13.3. The topological polar surface area (TPSA) is 108 Å². The first kappa shape index (κ1) is 36.3. The fourth-order valence-electron chi connectivity index (χ4n) is 5.38. The first-order valence-electron chi connectivity index (χ1n) is 15.6. The lowest BCUT2D eigenvalue weighted by Gasteiger charge is -2.16.